The number of nitrogens with one attached hydrogen (secondary N) is 1. The second-order valence-corrected chi connectivity index (χ2v) is 4.24. The van der Waals surface area contributed by atoms with E-state index in [1.807, 2.05) is 0 Å². The third kappa shape index (κ3) is 2.41. The van der Waals surface area contributed by atoms with Gasteiger partial charge in [0.2, 0.25) is 0 Å². The van der Waals surface area contributed by atoms with Crippen LogP contribution in [-0.4, -0.2) is 41.9 Å². The predicted octanol–water partition coefficient (Wildman–Crippen LogP) is -0.0972. The van der Waals surface area contributed by atoms with E-state index in [-0.39, 0.29) is 17.9 Å². The van der Waals surface area contributed by atoms with E-state index in [1.54, 1.807) is 18.2 Å². The zero-order valence-corrected chi connectivity index (χ0v) is 11.2. The van der Waals surface area contributed by atoms with Gasteiger partial charge in [0.15, 0.2) is 11.3 Å². The molecule has 0 aliphatic carbocycles. The molecule has 112 valence electrons. The Bertz CT molecular complexity index is 874. The zero-order valence-electron chi connectivity index (χ0n) is 11.2. The average molecular weight is 303 g/mol. The van der Waals surface area contributed by atoms with Gasteiger partial charge in [-0.3, -0.25) is 4.79 Å². The van der Waals surface area contributed by atoms with Crippen molar-refractivity contribution in [3.05, 3.63) is 46.9 Å². The van der Waals surface area contributed by atoms with Gasteiger partial charge in [-0.2, -0.15) is 4.68 Å². The molecule has 0 saturated carbocycles. The van der Waals surface area contributed by atoms with Crippen molar-refractivity contribution in [2.75, 3.05) is 12.0 Å². The molecule has 0 aromatic carbocycles. The summed E-state index contributed by atoms with van der Waals surface area (Å²) in [5, 5.41) is 9.86. The minimum absolute atomic E-state index is 0.00598. The molecule has 9 nitrogen and oxygen atoms in total. The van der Waals surface area contributed by atoms with Crippen LogP contribution in [0.1, 0.15) is 10.5 Å². The monoisotopic (exact) mass is 303 g/mol. The fourth-order valence-corrected chi connectivity index (χ4v) is 1.83. The van der Waals surface area contributed by atoms with E-state index in [1.165, 1.54) is 6.20 Å². The maximum absolute atomic E-state index is 12.3. The molecule has 0 atom stereocenters. The van der Waals surface area contributed by atoms with Crippen LogP contribution in [-0.2, 0) is 6.54 Å². The SMILES string of the molecule is O=C(Nc1ccccn1)c1ncn2c(=O)n(CCF)nnc12. The Labute approximate surface area is 122 Å². The summed E-state index contributed by atoms with van der Waals surface area (Å²) in [6.45, 7) is -0.961. The molecule has 1 N–H and O–H groups in total. The second-order valence-electron chi connectivity index (χ2n) is 4.24. The van der Waals surface area contributed by atoms with E-state index in [0.29, 0.717) is 5.82 Å². The lowest BCUT2D eigenvalue weighted by atomic mass is 10.4. The predicted molar refractivity (Wildman–Crippen MR) is 73.2 cm³/mol. The Kier molecular flexibility index (Phi) is 3.56. The lowest BCUT2D eigenvalue weighted by molar-refractivity contribution is 0.102. The van der Waals surface area contributed by atoms with E-state index in [4.69, 9.17) is 0 Å². The third-order valence-electron chi connectivity index (χ3n) is 2.83. The highest BCUT2D eigenvalue weighted by Crippen LogP contribution is 2.07. The lowest BCUT2D eigenvalue weighted by Crippen LogP contribution is -2.30. The molecule has 3 aromatic rings. The van der Waals surface area contributed by atoms with Crippen LogP contribution in [0.2, 0.25) is 0 Å². The van der Waals surface area contributed by atoms with Crippen LogP contribution < -0.4 is 11.0 Å². The van der Waals surface area contributed by atoms with Gasteiger partial charge in [-0.1, -0.05) is 11.3 Å². The second kappa shape index (κ2) is 5.68. The Morgan fingerprint density at radius 1 is 1.32 bits per heavy atom. The molecule has 0 aliphatic rings. The number of hydrogen-bond acceptors (Lipinski definition) is 6. The number of fused-ring (bicyclic) bond motifs is 1. The fourth-order valence-electron chi connectivity index (χ4n) is 1.83. The minimum Gasteiger partial charge on any atom is -0.305 e. The van der Waals surface area contributed by atoms with Crippen molar-refractivity contribution in [1.29, 1.82) is 0 Å². The van der Waals surface area contributed by atoms with Crippen molar-refractivity contribution in [2.24, 2.45) is 0 Å². The Balaban J connectivity index is 1.97. The number of amides is 1. The Morgan fingerprint density at radius 2 is 2.18 bits per heavy atom. The molecule has 0 unspecified atom stereocenters. The number of nitrogens with zero attached hydrogens (tertiary/aromatic N) is 6. The third-order valence-corrected chi connectivity index (χ3v) is 2.83. The number of carbonyl (C=O) groups is 1. The van der Waals surface area contributed by atoms with E-state index >= 15 is 0 Å². The molecule has 1 amide bonds. The number of imidazole rings is 1. The topological polar surface area (TPSA) is 107 Å². The molecule has 0 saturated heterocycles. The molecule has 3 aromatic heterocycles. The first kappa shape index (κ1) is 13.8. The highest BCUT2D eigenvalue weighted by atomic mass is 19.1. The van der Waals surface area contributed by atoms with E-state index < -0.39 is 18.3 Å². The van der Waals surface area contributed by atoms with Crippen molar-refractivity contribution < 1.29 is 9.18 Å². The van der Waals surface area contributed by atoms with E-state index in [9.17, 15) is 14.0 Å². The van der Waals surface area contributed by atoms with Crippen LogP contribution in [0.25, 0.3) is 5.65 Å². The van der Waals surface area contributed by atoms with Crippen LogP contribution in [0.15, 0.2) is 35.5 Å². The number of halogens is 1. The van der Waals surface area contributed by atoms with Crippen molar-refractivity contribution in [2.45, 2.75) is 6.54 Å². The number of aromatic nitrogens is 6. The van der Waals surface area contributed by atoms with Gasteiger partial charge < -0.3 is 5.32 Å². The molecule has 22 heavy (non-hydrogen) atoms. The van der Waals surface area contributed by atoms with Gasteiger partial charge in [0.1, 0.15) is 18.8 Å². The largest absolute Gasteiger partial charge is 0.353 e. The number of anilines is 1. The first-order chi connectivity index (χ1) is 10.7. The molecular formula is C12H10FN7O2. The zero-order chi connectivity index (χ0) is 15.5. The van der Waals surface area contributed by atoms with Gasteiger partial charge in [0.05, 0.1) is 6.54 Å². The summed E-state index contributed by atoms with van der Waals surface area (Å²) in [7, 11) is 0. The molecule has 0 fully saturated rings. The molecule has 0 radical (unpaired) electrons. The van der Waals surface area contributed by atoms with Gasteiger partial charge in [0.25, 0.3) is 5.91 Å². The van der Waals surface area contributed by atoms with Crippen molar-refractivity contribution >= 4 is 17.4 Å². The standard InChI is InChI=1S/C12H10FN7O2/c13-4-6-20-12(22)19-7-15-9(10(19)17-18-20)11(21)16-8-3-1-2-5-14-8/h1-3,5,7H,4,6H2,(H,14,16,21). The number of pyridine rings is 1. The first-order valence-electron chi connectivity index (χ1n) is 6.30. The highest BCUT2D eigenvalue weighted by molar-refractivity contribution is 6.06. The molecule has 0 bridgehead atoms. The molecule has 10 heteroatoms. The maximum atomic E-state index is 12.3. The Hall–Kier alpha value is -3.17. The van der Waals surface area contributed by atoms with Gasteiger partial charge in [-0.15, -0.1) is 5.10 Å². The van der Waals surface area contributed by atoms with Crippen molar-refractivity contribution in [1.82, 2.24) is 29.4 Å². The van der Waals surface area contributed by atoms with Crippen LogP contribution in [0.4, 0.5) is 10.2 Å². The summed E-state index contributed by atoms with van der Waals surface area (Å²) in [4.78, 5) is 32.0. The quantitative estimate of drug-likeness (QED) is 0.721. The van der Waals surface area contributed by atoms with Gasteiger partial charge >= 0.3 is 5.69 Å². The fraction of sp³-hybridized carbons (Fsp3) is 0.167. The molecule has 0 spiro atoms. The Morgan fingerprint density at radius 3 is 2.91 bits per heavy atom. The number of aryl methyl sites for hydroxylation is 1. The lowest BCUT2D eigenvalue weighted by Gasteiger charge is -2.02. The summed E-state index contributed by atoms with van der Waals surface area (Å²) in [5.74, 6) is -0.231. The van der Waals surface area contributed by atoms with Gasteiger partial charge in [-0.05, 0) is 12.1 Å². The van der Waals surface area contributed by atoms with Crippen LogP contribution in [0.5, 0.6) is 0 Å². The highest BCUT2D eigenvalue weighted by Gasteiger charge is 2.18. The molecular weight excluding hydrogens is 293 g/mol. The number of rotatable bonds is 4. The minimum atomic E-state index is -0.748. The van der Waals surface area contributed by atoms with Crippen LogP contribution in [0.3, 0.4) is 0 Å². The summed E-state index contributed by atoms with van der Waals surface area (Å²) >= 11 is 0. The summed E-state index contributed by atoms with van der Waals surface area (Å²) in [6, 6.07) is 5.03. The van der Waals surface area contributed by atoms with E-state index in [0.717, 1.165) is 15.4 Å². The average Bonchev–Trinajstić information content (AvgIpc) is 2.96. The maximum Gasteiger partial charge on any atom is 0.353 e. The molecule has 3 rings (SSSR count). The van der Waals surface area contributed by atoms with Gasteiger partial charge in [0, 0.05) is 6.20 Å². The normalized spacial score (nSPS) is 10.8. The summed E-state index contributed by atoms with van der Waals surface area (Å²) in [5.41, 5.74) is -0.691. The van der Waals surface area contributed by atoms with Gasteiger partial charge in [-0.25, -0.2) is 23.6 Å². The van der Waals surface area contributed by atoms with Crippen LogP contribution >= 0.6 is 0 Å². The summed E-state index contributed by atoms with van der Waals surface area (Å²) in [6.07, 6.45) is 2.67. The number of alkyl halides is 1. The van der Waals surface area contributed by atoms with Crippen LogP contribution in [0, 0.1) is 0 Å². The molecule has 3 heterocycles. The summed E-state index contributed by atoms with van der Waals surface area (Å²) < 4.78 is 14.2. The smallest absolute Gasteiger partial charge is 0.305 e. The first-order valence-corrected chi connectivity index (χ1v) is 6.30. The van der Waals surface area contributed by atoms with Crippen molar-refractivity contribution in [3.63, 3.8) is 0 Å². The number of hydrogen-bond donors (Lipinski definition) is 1. The van der Waals surface area contributed by atoms with Crippen molar-refractivity contribution in [3.8, 4) is 0 Å². The molecule has 0 aliphatic heterocycles. The van der Waals surface area contributed by atoms with E-state index in [2.05, 4.69) is 25.6 Å². The number of carbonyl (C=O) groups excluding carboxylic acids is 1.